The summed E-state index contributed by atoms with van der Waals surface area (Å²) in [5.74, 6) is -0.0880. The highest BCUT2D eigenvalue weighted by molar-refractivity contribution is 6.28. The lowest BCUT2D eigenvalue weighted by atomic mass is 10.4. The first kappa shape index (κ1) is 7.23. The van der Waals surface area contributed by atoms with Crippen LogP contribution >= 0.6 is 12.4 Å². The number of halogens is 1. The van der Waals surface area contributed by atoms with Gasteiger partial charge >= 0.3 is 0 Å². The van der Waals surface area contributed by atoms with Crippen molar-refractivity contribution in [1.29, 1.82) is 0 Å². The second kappa shape index (κ2) is 3.26. The molecular formula is C3H4ClN3O. The van der Waals surface area contributed by atoms with E-state index in [0.717, 1.165) is 6.21 Å². The first-order chi connectivity index (χ1) is 3.39. The molecule has 0 bridgehead atoms. The predicted octanol–water partition coefficient (Wildman–Crippen LogP) is 0.429. The van der Waals surface area contributed by atoms with Crippen molar-refractivity contribution in [1.82, 2.24) is 0 Å². The summed E-state index contributed by atoms with van der Waals surface area (Å²) >= 11 is 0. The number of hydrogen-bond donors (Lipinski definition) is 0. The maximum atomic E-state index is 10.2. The Morgan fingerprint density at radius 1 is 1.62 bits per heavy atom. The van der Waals surface area contributed by atoms with E-state index in [1.165, 1.54) is 0 Å². The molecule has 0 saturated heterocycles. The predicted molar refractivity (Wildman–Crippen MR) is 30.5 cm³/mol. The summed E-state index contributed by atoms with van der Waals surface area (Å²) in [6.07, 6.45) is 1.16. The first-order valence-electron chi connectivity index (χ1n) is 1.82. The molecule has 0 fully saturated rings. The van der Waals surface area contributed by atoms with Crippen LogP contribution in [0.4, 0.5) is 0 Å². The number of nitrogens with zero attached hydrogens (tertiary/aromatic N) is 3. The first-order valence-corrected chi connectivity index (χ1v) is 1.82. The summed E-state index contributed by atoms with van der Waals surface area (Å²) in [7, 11) is 0. The molecule has 0 aromatic carbocycles. The Balaban J connectivity index is 0.000000490. The van der Waals surface area contributed by atoms with Gasteiger partial charge in [-0.3, -0.25) is 4.79 Å². The zero-order chi connectivity index (χ0) is 5.11. The Morgan fingerprint density at radius 3 is 2.62 bits per heavy atom. The minimum absolute atomic E-state index is 0. The van der Waals surface area contributed by atoms with Gasteiger partial charge in [-0.15, -0.1) is 17.5 Å². The van der Waals surface area contributed by atoms with Crippen molar-refractivity contribution >= 4 is 24.4 Å². The van der Waals surface area contributed by atoms with Crippen LogP contribution in [0.5, 0.6) is 0 Å². The topological polar surface area (TPSA) is 54.1 Å². The average Bonchev–Trinajstić information content (AvgIpc) is 1.69. The molecule has 0 N–H and O–H groups in total. The summed E-state index contributed by atoms with van der Waals surface area (Å²) in [5.41, 5.74) is 0. The van der Waals surface area contributed by atoms with Crippen LogP contribution in [0.1, 0.15) is 0 Å². The van der Waals surface area contributed by atoms with Gasteiger partial charge in [-0.1, -0.05) is 0 Å². The second-order valence-electron chi connectivity index (χ2n) is 1.10. The second-order valence-corrected chi connectivity index (χ2v) is 1.10. The van der Waals surface area contributed by atoms with Crippen molar-refractivity contribution in [3.05, 3.63) is 0 Å². The average molecular weight is 134 g/mol. The highest BCUT2D eigenvalue weighted by atomic mass is 35.5. The SMILES string of the molecule is Cl.O=C1C=NN=NC1. The van der Waals surface area contributed by atoms with Gasteiger partial charge in [0, 0.05) is 0 Å². The van der Waals surface area contributed by atoms with Gasteiger partial charge < -0.3 is 0 Å². The molecule has 1 rings (SSSR count). The quantitative estimate of drug-likeness (QED) is 0.473. The van der Waals surface area contributed by atoms with Crippen LogP contribution in [-0.2, 0) is 4.79 Å². The number of ketones is 1. The lowest BCUT2D eigenvalue weighted by Gasteiger charge is -1.86. The lowest BCUT2D eigenvalue weighted by molar-refractivity contribution is -0.111. The zero-order valence-corrected chi connectivity index (χ0v) is 4.76. The van der Waals surface area contributed by atoms with Crippen molar-refractivity contribution in [3.63, 3.8) is 0 Å². The van der Waals surface area contributed by atoms with Crippen LogP contribution in [0, 0.1) is 0 Å². The molecule has 1 aliphatic heterocycles. The minimum atomic E-state index is -0.0880. The molecule has 0 saturated carbocycles. The van der Waals surface area contributed by atoms with Crippen molar-refractivity contribution in [2.75, 3.05) is 6.54 Å². The molecule has 44 valence electrons. The van der Waals surface area contributed by atoms with E-state index in [4.69, 9.17) is 0 Å². The molecule has 4 nitrogen and oxygen atoms in total. The Bertz CT molecular complexity index is 141. The molecular weight excluding hydrogens is 130 g/mol. The summed E-state index contributed by atoms with van der Waals surface area (Å²) in [6, 6.07) is 0. The molecule has 1 aliphatic rings. The monoisotopic (exact) mass is 133 g/mol. The van der Waals surface area contributed by atoms with E-state index in [1.54, 1.807) is 0 Å². The third kappa shape index (κ3) is 1.79. The van der Waals surface area contributed by atoms with Gasteiger partial charge in [-0.25, -0.2) is 0 Å². The maximum Gasteiger partial charge on any atom is 0.199 e. The summed E-state index contributed by atoms with van der Waals surface area (Å²) in [6.45, 7) is 0.156. The molecule has 0 unspecified atom stereocenters. The van der Waals surface area contributed by atoms with E-state index in [2.05, 4.69) is 15.4 Å². The van der Waals surface area contributed by atoms with Crippen LogP contribution < -0.4 is 0 Å². The highest BCUT2D eigenvalue weighted by Gasteiger charge is 1.96. The van der Waals surface area contributed by atoms with Crippen molar-refractivity contribution in [2.45, 2.75) is 0 Å². The lowest BCUT2D eigenvalue weighted by Crippen LogP contribution is -2.04. The Hall–Kier alpha value is -0.770. The number of carbonyl (C=O) groups excluding carboxylic acids is 1. The van der Waals surface area contributed by atoms with Crippen LogP contribution in [0.15, 0.2) is 15.4 Å². The zero-order valence-electron chi connectivity index (χ0n) is 3.94. The van der Waals surface area contributed by atoms with Gasteiger partial charge in [0.15, 0.2) is 5.78 Å². The number of rotatable bonds is 0. The molecule has 0 radical (unpaired) electrons. The van der Waals surface area contributed by atoms with Gasteiger partial charge in [0.25, 0.3) is 0 Å². The standard InChI is InChI=1S/C3H3N3O.ClH/c7-3-1-4-6-5-2-3;/h1H,2H2;1H. The van der Waals surface area contributed by atoms with E-state index in [-0.39, 0.29) is 24.7 Å². The minimum Gasteiger partial charge on any atom is -0.291 e. The molecule has 0 amide bonds. The number of Topliss-reactive ketones (excluding diaryl/α,β-unsaturated/α-hetero) is 1. The van der Waals surface area contributed by atoms with Gasteiger partial charge in [-0.2, -0.15) is 5.11 Å². The summed E-state index contributed by atoms with van der Waals surface area (Å²) in [4.78, 5) is 10.2. The summed E-state index contributed by atoms with van der Waals surface area (Å²) in [5, 5.41) is 9.78. The summed E-state index contributed by atoms with van der Waals surface area (Å²) < 4.78 is 0. The van der Waals surface area contributed by atoms with Crippen molar-refractivity contribution < 1.29 is 4.79 Å². The van der Waals surface area contributed by atoms with E-state index in [0.29, 0.717) is 0 Å². The van der Waals surface area contributed by atoms with Crippen molar-refractivity contribution in [3.8, 4) is 0 Å². The van der Waals surface area contributed by atoms with Gasteiger partial charge in [0.2, 0.25) is 0 Å². The van der Waals surface area contributed by atoms with Gasteiger partial charge in [0.1, 0.15) is 6.54 Å². The fourth-order valence-corrected chi connectivity index (χ4v) is 0.269. The van der Waals surface area contributed by atoms with Crippen LogP contribution in [0.25, 0.3) is 0 Å². The van der Waals surface area contributed by atoms with Crippen LogP contribution in [0.2, 0.25) is 0 Å². The van der Waals surface area contributed by atoms with Gasteiger partial charge in [-0.05, 0) is 5.22 Å². The molecule has 1 heterocycles. The highest BCUT2D eigenvalue weighted by Crippen LogP contribution is 1.83. The van der Waals surface area contributed by atoms with Crippen LogP contribution in [0.3, 0.4) is 0 Å². The number of hydrogen-bond acceptors (Lipinski definition) is 4. The molecule has 0 spiro atoms. The van der Waals surface area contributed by atoms with Crippen LogP contribution in [-0.4, -0.2) is 18.5 Å². The molecule has 0 atom stereocenters. The maximum absolute atomic E-state index is 10.2. The molecule has 0 aromatic heterocycles. The Kier molecular flexibility index (Phi) is 2.95. The van der Waals surface area contributed by atoms with E-state index < -0.39 is 0 Å². The van der Waals surface area contributed by atoms with E-state index in [9.17, 15) is 4.79 Å². The van der Waals surface area contributed by atoms with E-state index >= 15 is 0 Å². The Morgan fingerprint density at radius 2 is 2.38 bits per heavy atom. The fraction of sp³-hybridized carbons (Fsp3) is 0.333. The van der Waals surface area contributed by atoms with E-state index in [1.807, 2.05) is 0 Å². The van der Waals surface area contributed by atoms with Crippen molar-refractivity contribution in [2.24, 2.45) is 15.4 Å². The third-order valence-corrected chi connectivity index (χ3v) is 0.543. The Labute approximate surface area is 52.1 Å². The van der Waals surface area contributed by atoms with Gasteiger partial charge in [0.05, 0.1) is 6.21 Å². The molecule has 5 heteroatoms. The number of carbonyl (C=O) groups is 1. The third-order valence-electron chi connectivity index (χ3n) is 0.543. The molecule has 0 aromatic rings. The smallest absolute Gasteiger partial charge is 0.199 e. The fourth-order valence-electron chi connectivity index (χ4n) is 0.269. The molecule has 0 aliphatic carbocycles. The normalized spacial score (nSPS) is 15.8. The largest absolute Gasteiger partial charge is 0.291 e. The molecule has 8 heavy (non-hydrogen) atoms.